The number of terminal acetylenes is 1. The number of hydrogen-bond donors (Lipinski definition) is 1. The Balaban J connectivity index is 3.90. The van der Waals surface area contributed by atoms with Crippen LogP contribution in [0.4, 0.5) is 0 Å². The largest absolute Gasteiger partial charge is 0.310 e. The maximum absolute atomic E-state index is 7.12. The van der Waals surface area contributed by atoms with Crippen molar-refractivity contribution in [3.05, 3.63) is 11.6 Å². The Morgan fingerprint density at radius 2 is 2.30 bits per heavy atom. The number of hydrogen-bond acceptors (Lipinski definition) is 1. The van der Waals surface area contributed by atoms with Gasteiger partial charge in [-0.2, -0.15) is 0 Å². The smallest absolute Gasteiger partial charge is 0.00962 e. The van der Waals surface area contributed by atoms with Crippen molar-refractivity contribution in [1.29, 1.82) is 5.41 Å². The minimum absolute atomic E-state index is 0.654. The first kappa shape index (κ1) is 8.97. The lowest BCUT2D eigenvalue weighted by molar-refractivity contribution is 1.14. The molecule has 0 rings (SSSR count). The molecule has 0 saturated carbocycles. The second kappa shape index (κ2) is 4.81. The van der Waals surface area contributed by atoms with Crippen LogP contribution in [0, 0.1) is 17.8 Å². The van der Waals surface area contributed by atoms with E-state index in [1.54, 1.807) is 6.92 Å². The molecule has 0 aromatic heterocycles. The molecule has 0 radical (unpaired) electrons. The van der Waals surface area contributed by atoms with Crippen molar-refractivity contribution in [2.75, 3.05) is 0 Å². The number of allylic oxidation sites excluding steroid dienone is 2. The molecule has 0 atom stereocenters. The van der Waals surface area contributed by atoms with Gasteiger partial charge in [-0.05, 0) is 18.9 Å². The zero-order valence-electron chi connectivity index (χ0n) is 6.57. The molecule has 0 spiro atoms. The normalized spacial score (nSPS) is 10.7. The van der Waals surface area contributed by atoms with Crippen molar-refractivity contribution >= 4 is 5.71 Å². The Hall–Kier alpha value is -1.03. The van der Waals surface area contributed by atoms with Gasteiger partial charge in [0.1, 0.15) is 0 Å². The van der Waals surface area contributed by atoms with E-state index in [1.807, 2.05) is 13.0 Å². The fraction of sp³-hybridized carbons (Fsp3) is 0.444. The van der Waals surface area contributed by atoms with Crippen molar-refractivity contribution in [1.82, 2.24) is 0 Å². The van der Waals surface area contributed by atoms with Gasteiger partial charge in [0, 0.05) is 12.1 Å². The summed E-state index contributed by atoms with van der Waals surface area (Å²) in [6.07, 6.45) is 8.69. The van der Waals surface area contributed by atoms with Crippen molar-refractivity contribution < 1.29 is 0 Å². The van der Waals surface area contributed by atoms with Crippen LogP contribution in [0.1, 0.15) is 26.7 Å². The highest BCUT2D eigenvalue weighted by molar-refractivity contribution is 5.80. The van der Waals surface area contributed by atoms with E-state index in [-0.39, 0.29) is 0 Å². The van der Waals surface area contributed by atoms with Gasteiger partial charge in [-0.15, -0.1) is 6.42 Å². The van der Waals surface area contributed by atoms with Gasteiger partial charge in [-0.1, -0.05) is 18.9 Å². The topological polar surface area (TPSA) is 23.9 Å². The van der Waals surface area contributed by atoms with E-state index in [2.05, 4.69) is 5.92 Å². The SMILES string of the molecule is C#CC(=CCC(C)=N)CC. The highest BCUT2D eigenvalue weighted by Gasteiger charge is 1.87. The molecule has 0 aromatic rings. The summed E-state index contributed by atoms with van der Waals surface area (Å²) < 4.78 is 0. The predicted molar refractivity (Wildman–Crippen MR) is 45.2 cm³/mol. The van der Waals surface area contributed by atoms with E-state index in [4.69, 9.17) is 11.8 Å². The molecule has 0 aliphatic rings. The van der Waals surface area contributed by atoms with E-state index in [1.165, 1.54) is 0 Å². The van der Waals surface area contributed by atoms with Crippen LogP contribution in [0.2, 0.25) is 0 Å². The van der Waals surface area contributed by atoms with Gasteiger partial charge in [0.2, 0.25) is 0 Å². The summed E-state index contributed by atoms with van der Waals surface area (Å²) >= 11 is 0. The van der Waals surface area contributed by atoms with Crippen LogP contribution < -0.4 is 0 Å². The zero-order chi connectivity index (χ0) is 7.98. The van der Waals surface area contributed by atoms with Gasteiger partial charge in [-0.3, -0.25) is 0 Å². The summed E-state index contributed by atoms with van der Waals surface area (Å²) in [4.78, 5) is 0. The lowest BCUT2D eigenvalue weighted by Crippen LogP contribution is -1.85. The number of nitrogens with one attached hydrogen (secondary N) is 1. The molecular weight excluding hydrogens is 122 g/mol. The average molecular weight is 135 g/mol. The van der Waals surface area contributed by atoms with Gasteiger partial charge in [0.25, 0.3) is 0 Å². The molecule has 10 heavy (non-hydrogen) atoms. The first-order chi connectivity index (χ1) is 4.70. The first-order valence-electron chi connectivity index (χ1n) is 3.40. The average Bonchev–Trinajstić information content (AvgIpc) is 1.90. The second-order valence-corrected chi connectivity index (χ2v) is 2.21. The van der Waals surface area contributed by atoms with Gasteiger partial charge in [0.05, 0.1) is 0 Å². The summed E-state index contributed by atoms with van der Waals surface area (Å²) in [7, 11) is 0. The summed E-state index contributed by atoms with van der Waals surface area (Å²) in [5.74, 6) is 2.57. The summed E-state index contributed by atoms with van der Waals surface area (Å²) in [6, 6.07) is 0. The highest BCUT2D eigenvalue weighted by Crippen LogP contribution is 1.99. The highest BCUT2D eigenvalue weighted by atomic mass is 14.4. The van der Waals surface area contributed by atoms with Crippen LogP contribution in [0.25, 0.3) is 0 Å². The zero-order valence-corrected chi connectivity index (χ0v) is 6.57. The molecule has 0 saturated heterocycles. The Labute approximate surface area is 62.7 Å². The Bertz CT molecular complexity index is 181. The molecule has 0 amide bonds. The fourth-order valence-electron chi connectivity index (χ4n) is 0.582. The van der Waals surface area contributed by atoms with Crippen LogP contribution in [0.3, 0.4) is 0 Å². The lowest BCUT2D eigenvalue weighted by atomic mass is 10.1. The molecule has 0 bridgehead atoms. The lowest BCUT2D eigenvalue weighted by Gasteiger charge is -1.92. The maximum atomic E-state index is 7.12. The standard InChI is InChI=1S/C9H13N/c1-4-9(5-2)7-6-8(3)10/h1,7,10H,5-6H2,2-3H3. The second-order valence-electron chi connectivity index (χ2n) is 2.21. The Kier molecular flexibility index (Phi) is 4.32. The van der Waals surface area contributed by atoms with Gasteiger partial charge in [0.15, 0.2) is 0 Å². The Morgan fingerprint density at radius 3 is 2.60 bits per heavy atom. The van der Waals surface area contributed by atoms with Crippen molar-refractivity contribution in [3.8, 4) is 12.3 Å². The van der Waals surface area contributed by atoms with Gasteiger partial charge < -0.3 is 5.41 Å². The first-order valence-corrected chi connectivity index (χ1v) is 3.40. The third kappa shape index (κ3) is 3.91. The van der Waals surface area contributed by atoms with E-state index >= 15 is 0 Å². The molecule has 1 N–H and O–H groups in total. The van der Waals surface area contributed by atoms with Crippen molar-refractivity contribution in [3.63, 3.8) is 0 Å². The minimum Gasteiger partial charge on any atom is -0.310 e. The van der Waals surface area contributed by atoms with Gasteiger partial charge >= 0.3 is 0 Å². The quantitative estimate of drug-likeness (QED) is 0.454. The summed E-state index contributed by atoms with van der Waals surface area (Å²) in [6.45, 7) is 3.80. The third-order valence-electron chi connectivity index (χ3n) is 1.22. The van der Waals surface area contributed by atoms with E-state index in [0.29, 0.717) is 12.1 Å². The van der Waals surface area contributed by atoms with Crippen molar-refractivity contribution in [2.24, 2.45) is 0 Å². The molecule has 1 nitrogen and oxygen atoms in total. The van der Waals surface area contributed by atoms with Crippen LogP contribution in [0.5, 0.6) is 0 Å². The molecule has 0 heterocycles. The minimum atomic E-state index is 0.654. The van der Waals surface area contributed by atoms with E-state index < -0.39 is 0 Å². The van der Waals surface area contributed by atoms with E-state index in [0.717, 1.165) is 12.0 Å². The van der Waals surface area contributed by atoms with E-state index in [9.17, 15) is 0 Å². The van der Waals surface area contributed by atoms with Crippen molar-refractivity contribution in [2.45, 2.75) is 26.7 Å². The van der Waals surface area contributed by atoms with Crippen LogP contribution >= 0.6 is 0 Å². The monoisotopic (exact) mass is 135 g/mol. The molecule has 0 aliphatic heterocycles. The number of rotatable bonds is 3. The molecule has 54 valence electrons. The molecule has 0 aliphatic carbocycles. The van der Waals surface area contributed by atoms with Crippen LogP contribution in [-0.4, -0.2) is 5.71 Å². The molecule has 0 unspecified atom stereocenters. The fourth-order valence-corrected chi connectivity index (χ4v) is 0.582. The third-order valence-corrected chi connectivity index (χ3v) is 1.22. The van der Waals surface area contributed by atoms with Gasteiger partial charge in [-0.25, -0.2) is 0 Å². The summed E-state index contributed by atoms with van der Waals surface area (Å²) in [5, 5.41) is 7.12. The van der Waals surface area contributed by atoms with Crippen LogP contribution in [0.15, 0.2) is 11.6 Å². The molecule has 0 fully saturated rings. The molecule has 1 heteroatoms. The van der Waals surface area contributed by atoms with Crippen LogP contribution in [-0.2, 0) is 0 Å². The maximum Gasteiger partial charge on any atom is 0.00962 e. The molecule has 0 aromatic carbocycles. The Morgan fingerprint density at radius 1 is 1.70 bits per heavy atom. The summed E-state index contributed by atoms with van der Waals surface area (Å²) in [5.41, 5.74) is 1.65. The predicted octanol–water partition coefficient (Wildman–Crippen LogP) is 2.39. The molecular formula is C9H13N.